The van der Waals surface area contributed by atoms with Crippen LogP contribution in [0.3, 0.4) is 0 Å². The summed E-state index contributed by atoms with van der Waals surface area (Å²) in [5.41, 5.74) is 1.82. The molecule has 0 aromatic heterocycles. The number of hydrogen-bond donors (Lipinski definition) is 0. The first-order chi connectivity index (χ1) is 15.8. The van der Waals surface area contributed by atoms with Crippen molar-refractivity contribution in [3.63, 3.8) is 0 Å². The molecule has 1 atom stereocenters. The monoisotopic (exact) mass is 455 g/mol. The van der Waals surface area contributed by atoms with Gasteiger partial charge in [0.25, 0.3) is 5.91 Å². The van der Waals surface area contributed by atoms with Crippen LogP contribution in [0.4, 0.5) is 4.39 Å². The molecular weight excluding hydrogens is 425 g/mol. The maximum Gasteiger partial charge on any atom is 0.262 e. The summed E-state index contributed by atoms with van der Waals surface area (Å²) in [7, 11) is 3.12. The number of ether oxygens (including phenoxy) is 2. The number of hydrogen-bond acceptors (Lipinski definition) is 5. The molecule has 0 radical (unpaired) electrons. The molecule has 1 aliphatic heterocycles. The zero-order chi connectivity index (χ0) is 24.0. The number of nitrogens with zero attached hydrogens (tertiary/aromatic N) is 3. The molecule has 8 heteroatoms. The van der Waals surface area contributed by atoms with E-state index in [1.165, 1.54) is 16.0 Å². The Bertz CT molecular complexity index is 1020. The number of methoxy groups -OCH3 is 2. The van der Waals surface area contributed by atoms with E-state index in [-0.39, 0.29) is 30.8 Å². The molecule has 0 fully saturated rings. The van der Waals surface area contributed by atoms with Gasteiger partial charge in [-0.25, -0.2) is 9.40 Å². The zero-order valence-corrected chi connectivity index (χ0v) is 19.5. The van der Waals surface area contributed by atoms with Crippen molar-refractivity contribution >= 4 is 17.5 Å². The van der Waals surface area contributed by atoms with E-state index in [0.29, 0.717) is 30.1 Å². The van der Waals surface area contributed by atoms with Crippen molar-refractivity contribution in [1.82, 2.24) is 9.91 Å². The standard InChI is InChI=1S/C25H30FN3O4/c1-17(2)25(31)28(12-13-32-3)16-24(30)29-23(20-10-5-6-11-21(20)26)15-22(27-29)18-8-7-9-19(14-18)33-4/h5-11,14,17,23H,12-13,15-16H2,1-4H3/t23-/m0/s1. The SMILES string of the molecule is COCCN(CC(=O)N1N=C(c2cccc(OC)c2)C[C@H]1c1ccccc1F)C(=O)C(C)C. The predicted octanol–water partition coefficient (Wildman–Crippen LogP) is 3.64. The Morgan fingerprint density at radius 2 is 1.94 bits per heavy atom. The van der Waals surface area contributed by atoms with Crippen molar-refractivity contribution in [3.05, 3.63) is 65.5 Å². The Balaban J connectivity index is 1.94. The predicted molar refractivity (Wildman–Crippen MR) is 123 cm³/mol. The Labute approximate surface area is 193 Å². The second kappa shape index (κ2) is 11.0. The lowest BCUT2D eigenvalue weighted by atomic mass is 9.98. The average Bonchev–Trinajstić information content (AvgIpc) is 3.27. The molecule has 1 aliphatic rings. The topological polar surface area (TPSA) is 71.4 Å². The van der Waals surface area contributed by atoms with Crippen LogP contribution in [0, 0.1) is 11.7 Å². The van der Waals surface area contributed by atoms with Gasteiger partial charge < -0.3 is 14.4 Å². The highest BCUT2D eigenvalue weighted by Crippen LogP contribution is 2.34. The lowest BCUT2D eigenvalue weighted by Crippen LogP contribution is -2.44. The van der Waals surface area contributed by atoms with Gasteiger partial charge in [-0.2, -0.15) is 5.10 Å². The summed E-state index contributed by atoms with van der Waals surface area (Å²) in [6.07, 6.45) is 0.343. The van der Waals surface area contributed by atoms with Crippen LogP contribution in [0.1, 0.15) is 37.4 Å². The molecule has 33 heavy (non-hydrogen) atoms. The van der Waals surface area contributed by atoms with Gasteiger partial charge in [0.2, 0.25) is 5.91 Å². The molecule has 7 nitrogen and oxygen atoms in total. The number of carbonyl (C=O) groups is 2. The molecule has 3 rings (SSSR count). The molecular formula is C25H30FN3O4. The Kier molecular flexibility index (Phi) is 8.16. The number of rotatable bonds is 9. The van der Waals surface area contributed by atoms with Crippen molar-refractivity contribution in [2.75, 3.05) is 33.9 Å². The largest absolute Gasteiger partial charge is 0.497 e. The molecule has 0 saturated carbocycles. The molecule has 176 valence electrons. The Morgan fingerprint density at radius 1 is 1.18 bits per heavy atom. The van der Waals surface area contributed by atoms with Gasteiger partial charge in [0.1, 0.15) is 18.1 Å². The molecule has 2 aromatic carbocycles. The molecule has 0 aliphatic carbocycles. The molecule has 0 saturated heterocycles. The van der Waals surface area contributed by atoms with E-state index in [0.717, 1.165) is 5.56 Å². The van der Waals surface area contributed by atoms with Crippen LogP contribution in [0.5, 0.6) is 5.75 Å². The van der Waals surface area contributed by atoms with Gasteiger partial charge in [-0.05, 0) is 18.2 Å². The van der Waals surface area contributed by atoms with Crippen LogP contribution in [0.2, 0.25) is 0 Å². The second-order valence-electron chi connectivity index (χ2n) is 8.17. The molecule has 1 heterocycles. The summed E-state index contributed by atoms with van der Waals surface area (Å²) >= 11 is 0. The van der Waals surface area contributed by atoms with Crippen LogP contribution in [-0.4, -0.2) is 61.4 Å². The van der Waals surface area contributed by atoms with Gasteiger partial charge in [0.05, 0.1) is 25.5 Å². The highest BCUT2D eigenvalue weighted by atomic mass is 19.1. The first-order valence-electron chi connectivity index (χ1n) is 10.9. The van der Waals surface area contributed by atoms with Gasteiger partial charge in [-0.15, -0.1) is 0 Å². The van der Waals surface area contributed by atoms with Gasteiger partial charge in [-0.3, -0.25) is 9.59 Å². The third-order valence-corrected chi connectivity index (χ3v) is 5.53. The van der Waals surface area contributed by atoms with Crippen LogP contribution < -0.4 is 4.74 Å². The van der Waals surface area contributed by atoms with Crippen LogP contribution >= 0.6 is 0 Å². The number of benzene rings is 2. The molecule has 2 amide bonds. The van der Waals surface area contributed by atoms with E-state index in [9.17, 15) is 14.0 Å². The summed E-state index contributed by atoms with van der Waals surface area (Å²) in [5, 5.41) is 5.89. The summed E-state index contributed by atoms with van der Waals surface area (Å²) < 4.78 is 25.1. The first kappa shape index (κ1) is 24.4. The fourth-order valence-corrected chi connectivity index (χ4v) is 3.77. The quantitative estimate of drug-likeness (QED) is 0.579. The Hall–Kier alpha value is -3.26. The van der Waals surface area contributed by atoms with Gasteiger partial charge in [0.15, 0.2) is 0 Å². The van der Waals surface area contributed by atoms with Crippen molar-refractivity contribution in [2.24, 2.45) is 11.0 Å². The number of halogens is 1. The fraction of sp³-hybridized carbons (Fsp3) is 0.400. The maximum absolute atomic E-state index is 14.7. The summed E-state index contributed by atoms with van der Waals surface area (Å²) in [5.74, 6) is -0.552. The lowest BCUT2D eigenvalue weighted by molar-refractivity contribution is -0.143. The van der Waals surface area contributed by atoms with Gasteiger partial charge in [-0.1, -0.05) is 44.2 Å². The summed E-state index contributed by atoms with van der Waals surface area (Å²) in [6, 6.07) is 13.1. The van der Waals surface area contributed by atoms with Gasteiger partial charge in [0, 0.05) is 37.1 Å². The Morgan fingerprint density at radius 3 is 2.61 bits per heavy atom. The van der Waals surface area contributed by atoms with E-state index < -0.39 is 11.9 Å². The fourth-order valence-electron chi connectivity index (χ4n) is 3.77. The molecule has 0 bridgehead atoms. The second-order valence-corrected chi connectivity index (χ2v) is 8.17. The zero-order valence-electron chi connectivity index (χ0n) is 19.5. The smallest absolute Gasteiger partial charge is 0.262 e. The minimum absolute atomic E-state index is 0.154. The van der Waals surface area contributed by atoms with E-state index in [2.05, 4.69) is 5.10 Å². The summed E-state index contributed by atoms with van der Waals surface area (Å²) in [6.45, 7) is 3.98. The molecule has 0 unspecified atom stereocenters. The minimum Gasteiger partial charge on any atom is -0.497 e. The maximum atomic E-state index is 14.7. The third kappa shape index (κ3) is 5.76. The average molecular weight is 456 g/mol. The summed E-state index contributed by atoms with van der Waals surface area (Å²) in [4.78, 5) is 27.5. The number of hydrazone groups is 1. The van der Waals surface area contributed by atoms with Crippen molar-refractivity contribution in [3.8, 4) is 5.75 Å². The third-order valence-electron chi connectivity index (χ3n) is 5.53. The van der Waals surface area contributed by atoms with Gasteiger partial charge >= 0.3 is 0 Å². The van der Waals surface area contributed by atoms with E-state index in [1.54, 1.807) is 46.3 Å². The lowest BCUT2D eigenvalue weighted by Gasteiger charge is -2.28. The van der Waals surface area contributed by atoms with Crippen LogP contribution in [-0.2, 0) is 14.3 Å². The van der Waals surface area contributed by atoms with Crippen LogP contribution in [0.25, 0.3) is 0 Å². The van der Waals surface area contributed by atoms with E-state index >= 15 is 0 Å². The molecule has 2 aromatic rings. The molecule has 0 N–H and O–H groups in total. The molecule has 0 spiro atoms. The normalized spacial score (nSPS) is 15.5. The highest BCUT2D eigenvalue weighted by molar-refractivity contribution is 6.03. The van der Waals surface area contributed by atoms with E-state index in [4.69, 9.17) is 9.47 Å². The van der Waals surface area contributed by atoms with Crippen molar-refractivity contribution in [2.45, 2.75) is 26.3 Å². The number of carbonyl (C=O) groups excluding carboxylic acids is 2. The van der Waals surface area contributed by atoms with Crippen molar-refractivity contribution < 1.29 is 23.5 Å². The number of amides is 2. The van der Waals surface area contributed by atoms with Crippen molar-refractivity contribution in [1.29, 1.82) is 0 Å². The highest BCUT2D eigenvalue weighted by Gasteiger charge is 2.36. The minimum atomic E-state index is -0.613. The van der Waals surface area contributed by atoms with Crippen LogP contribution in [0.15, 0.2) is 53.6 Å². The first-order valence-corrected chi connectivity index (χ1v) is 10.9. The van der Waals surface area contributed by atoms with E-state index in [1.807, 2.05) is 24.3 Å².